The first-order chi connectivity index (χ1) is 9.32. The fourth-order valence-electron chi connectivity index (χ4n) is 2.62. The molecule has 2 rings (SSSR count). The van der Waals surface area contributed by atoms with Crippen molar-refractivity contribution in [2.75, 3.05) is 13.1 Å². The normalized spacial score (nSPS) is 23.8. The van der Waals surface area contributed by atoms with Gasteiger partial charge in [-0.2, -0.15) is 0 Å². The molecule has 1 fully saturated rings. The lowest BCUT2D eigenvalue weighted by molar-refractivity contribution is -0.140. The van der Waals surface area contributed by atoms with E-state index in [1.54, 1.807) is 17.0 Å². The summed E-state index contributed by atoms with van der Waals surface area (Å²) in [4.78, 5) is 14.5. The fraction of sp³-hybridized carbons (Fsp3) is 0.562. The predicted molar refractivity (Wildman–Crippen MR) is 80.8 cm³/mol. The van der Waals surface area contributed by atoms with Crippen molar-refractivity contribution < 1.29 is 9.90 Å². The molecule has 20 heavy (non-hydrogen) atoms. The van der Waals surface area contributed by atoms with Gasteiger partial charge in [-0.3, -0.25) is 4.79 Å². The maximum absolute atomic E-state index is 12.7. The monoisotopic (exact) mass is 295 g/mol. The lowest BCUT2D eigenvalue weighted by Crippen LogP contribution is -2.51. The second-order valence-electron chi connectivity index (χ2n) is 6.22. The molecule has 0 spiro atoms. The van der Waals surface area contributed by atoms with Crippen molar-refractivity contribution in [2.24, 2.45) is 5.92 Å². The second kappa shape index (κ2) is 5.74. The number of piperidine rings is 1. The van der Waals surface area contributed by atoms with E-state index in [2.05, 4.69) is 0 Å². The minimum absolute atomic E-state index is 0.0609. The number of hydrogen-bond donors (Lipinski definition) is 1. The quantitative estimate of drug-likeness (QED) is 0.911. The Kier molecular flexibility index (Phi) is 4.40. The molecule has 0 bridgehead atoms. The maximum Gasteiger partial charge on any atom is 0.232 e. The van der Waals surface area contributed by atoms with Gasteiger partial charge in [-0.05, 0) is 43.9 Å². The Hall–Kier alpha value is -1.06. The number of carbonyl (C=O) groups excluding carboxylic acids is 1. The molecule has 3 nitrogen and oxygen atoms in total. The molecular formula is C16H22ClNO2. The summed E-state index contributed by atoms with van der Waals surface area (Å²) in [6.45, 7) is 7.01. The van der Waals surface area contributed by atoms with Crippen LogP contribution in [0, 0.1) is 5.92 Å². The highest BCUT2D eigenvalue weighted by molar-refractivity contribution is 6.30. The van der Waals surface area contributed by atoms with E-state index in [0.717, 1.165) is 12.0 Å². The van der Waals surface area contributed by atoms with E-state index in [4.69, 9.17) is 11.6 Å². The summed E-state index contributed by atoms with van der Waals surface area (Å²) >= 11 is 5.90. The minimum Gasteiger partial charge on any atom is -0.391 e. The standard InChI is InChI=1S/C16H22ClNO2/c1-11-8-9-18(10-14(11)19)15(20)16(2,3)12-4-6-13(17)7-5-12/h4-7,11,14,19H,8-10H2,1-3H3. The summed E-state index contributed by atoms with van der Waals surface area (Å²) in [6.07, 6.45) is 0.428. The molecule has 1 N–H and O–H groups in total. The third kappa shape index (κ3) is 2.99. The highest BCUT2D eigenvalue weighted by Gasteiger charge is 2.36. The Morgan fingerprint density at radius 3 is 2.50 bits per heavy atom. The van der Waals surface area contributed by atoms with Crippen molar-refractivity contribution in [1.29, 1.82) is 0 Å². The highest BCUT2D eigenvalue weighted by atomic mass is 35.5. The Bertz CT molecular complexity index is 484. The molecule has 0 aliphatic carbocycles. The number of rotatable bonds is 2. The molecule has 1 heterocycles. The number of aliphatic hydroxyl groups is 1. The molecular weight excluding hydrogens is 274 g/mol. The Labute approximate surface area is 125 Å². The molecule has 2 atom stereocenters. The largest absolute Gasteiger partial charge is 0.391 e. The van der Waals surface area contributed by atoms with Crippen LogP contribution < -0.4 is 0 Å². The van der Waals surface area contributed by atoms with Crippen LogP contribution in [0.25, 0.3) is 0 Å². The molecule has 4 heteroatoms. The van der Waals surface area contributed by atoms with Crippen molar-refractivity contribution in [3.8, 4) is 0 Å². The summed E-state index contributed by atoms with van der Waals surface area (Å²) in [7, 11) is 0. The first-order valence-corrected chi connectivity index (χ1v) is 7.43. The van der Waals surface area contributed by atoms with Gasteiger partial charge in [-0.25, -0.2) is 0 Å². The Morgan fingerprint density at radius 1 is 1.35 bits per heavy atom. The van der Waals surface area contributed by atoms with Crippen molar-refractivity contribution >= 4 is 17.5 Å². The third-order valence-electron chi connectivity index (χ3n) is 4.31. The summed E-state index contributed by atoms with van der Waals surface area (Å²) in [6, 6.07) is 7.39. The van der Waals surface area contributed by atoms with E-state index in [9.17, 15) is 9.90 Å². The van der Waals surface area contributed by atoms with Crippen LogP contribution in [0.5, 0.6) is 0 Å². The van der Waals surface area contributed by atoms with Crippen LogP contribution in [-0.4, -0.2) is 35.1 Å². The number of amides is 1. The van der Waals surface area contributed by atoms with E-state index in [1.165, 1.54) is 0 Å². The van der Waals surface area contributed by atoms with E-state index in [0.29, 0.717) is 18.1 Å². The van der Waals surface area contributed by atoms with E-state index in [1.807, 2.05) is 32.9 Å². The summed E-state index contributed by atoms with van der Waals surface area (Å²) in [5.41, 5.74) is 0.338. The van der Waals surface area contributed by atoms with Gasteiger partial charge in [0.25, 0.3) is 0 Å². The van der Waals surface area contributed by atoms with Crippen molar-refractivity contribution in [3.63, 3.8) is 0 Å². The maximum atomic E-state index is 12.7. The smallest absolute Gasteiger partial charge is 0.232 e. The highest BCUT2D eigenvalue weighted by Crippen LogP contribution is 2.29. The predicted octanol–water partition coefficient (Wildman–Crippen LogP) is 2.85. The average molecular weight is 296 g/mol. The van der Waals surface area contributed by atoms with Gasteiger partial charge in [-0.15, -0.1) is 0 Å². The number of β-amino-alcohol motifs (C(OH)–C–C–N with tert-alkyl or cyclic N) is 1. The molecule has 1 aromatic carbocycles. The molecule has 0 saturated carbocycles. The van der Waals surface area contributed by atoms with Crippen LogP contribution in [0.15, 0.2) is 24.3 Å². The van der Waals surface area contributed by atoms with Gasteiger partial charge in [-0.1, -0.05) is 30.7 Å². The topological polar surface area (TPSA) is 40.5 Å². The van der Waals surface area contributed by atoms with Crippen LogP contribution in [0.1, 0.15) is 32.8 Å². The Balaban J connectivity index is 2.16. The lowest BCUT2D eigenvalue weighted by atomic mass is 9.82. The fourth-order valence-corrected chi connectivity index (χ4v) is 2.74. The molecule has 110 valence electrons. The van der Waals surface area contributed by atoms with Crippen LogP contribution in [0.4, 0.5) is 0 Å². The summed E-state index contributed by atoms with van der Waals surface area (Å²) in [5.74, 6) is 0.323. The van der Waals surface area contributed by atoms with Gasteiger partial charge in [0.05, 0.1) is 11.5 Å². The minimum atomic E-state index is -0.606. The first kappa shape index (κ1) is 15.3. The lowest BCUT2D eigenvalue weighted by Gasteiger charge is -2.38. The van der Waals surface area contributed by atoms with Crippen molar-refractivity contribution in [3.05, 3.63) is 34.9 Å². The van der Waals surface area contributed by atoms with Gasteiger partial charge in [0.15, 0.2) is 0 Å². The van der Waals surface area contributed by atoms with Crippen LogP contribution >= 0.6 is 11.6 Å². The van der Waals surface area contributed by atoms with Crippen molar-refractivity contribution in [1.82, 2.24) is 4.90 Å². The molecule has 1 aliphatic rings. The zero-order chi connectivity index (χ0) is 14.9. The molecule has 0 aromatic heterocycles. The van der Waals surface area contributed by atoms with Crippen LogP contribution in [-0.2, 0) is 10.2 Å². The van der Waals surface area contributed by atoms with Gasteiger partial charge in [0, 0.05) is 18.1 Å². The number of benzene rings is 1. The van der Waals surface area contributed by atoms with Gasteiger partial charge >= 0.3 is 0 Å². The molecule has 1 aromatic rings. The number of carbonyl (C=O) groups is 1. The number of hydrogen-bond acceptors (Lipinski definition) is 2. The number of nitrogens with zero attached hydrogens (tertiary/aromatic N) is 1. The molecule has 0 radical (unpaired) electrons. The van der Waals surface area contributed by atoms with Gasteiger partial charge < -0.3 is 10.0 Å². The van der Waals surface area contributed by atoms with E-state index >= 15 is 0 Å². The van der Waals surface area contributed by atoms with Gasteiger partial charge in [0.2, 0.25) is 5.91 Å². The molecule has 1 aliphatic heterocycles. The Morgan fingerprint density at radius 2 is 1.95 bits per heavy atom. The molecule has 2 unspecified atom stereocenters. The number of halogens is 1. The van der Waals surface area contributed by atoms with Crippen LogP contribution in [0.3, 0.4) is 0 Å². The van der Waals surface area contributed by atoms with E-state index in [-0.39, 0.29) is 11.8 Å². The summed E-state index contributed by atoms with van der Waals surface area (Å²) < 4.78 is 0. The second-order valence-corrected chi connectivity index (χ2v) is 6.65. The van der Waals surface area contributed by atoms with Crippen molar-refractivity contribution in [2.45, 2.75) is 38.7 Å². The van der Waals surface area contributed by atoms with Crippen LogP contribution in [0.2, 0.25) is 5.02 Å². The van der Waals surface area contributed by atoms with Gasteiger partial charge in [0.1, 0.15) is 0 Å². The zero-order valence-corrected chi connectivity index (χ0v) is 13.0. The molecule has 1 amide bonds. The number of aliphatic hydroxyl groups excluding tert-OH is 1. The SMILES string of the molecule is CC1CCN(C(=O)C(C)(C)c2ccc(Cl)cc2)CC1O. The average Bonchev–Trinajstić information content (AvgIpc) is 2.41. The molecule has 1 saturated heterocycles. The first-order valence-electron chi connectivity index (χ1n) is 7.06. The number of likely N-dealkylation sites (tertiary alicyclic amines) is 1. The van der Waals surface area contributed by atoms with E-state index < -0.39 is 11.5 Å². The zero-order valence-electron chi connectivity index (χ0n) is 12.3. The third-order valence-corrected chi connectivity index (χ3v) is 4.56. The summed E-state index contributed by atoms with van der Waals surface area (Å²) in [5, 5.41) is 10.6.